The number of carboxylic acids is 1. The summed E-state index contributed by atoms with van der Waals surface area (Å²) in [6, 6.07) is 1.32. The first kappa shape index (κ1) is 19.5. The molecule has 27 heavy (non-hydrogen) atoms. The van der Waals surface area contributed by atoms with Gasteiger partial charge in [-0.3, -0.25) is 9.59 Å². The zero-order valence-electron chi connectivity index (χ0n) is 15.9. The summed E-state index contributed by atoms with van der Waals surface area (Å²) >= 11 is 0. The second-order valence-corrected chi connectivity index (χ2v) is 7.49. The van der Waals surface area contributed by atoms with Crippen molar-refractivity contribution in [2.24, 2.45) is 5.92 Å². The third-order valence-corrected chi connectivity index (χ3v) is 5.65. The van der Waals surface area contributed by atoms with Crippen molar-refractivity contribution in [3.63, 3.8) is 0 Å². The lowest BCUT2D eigenvalue weighted by atomic mass is 10.0. The number of furan rings is 1. The molecule has 1 aliphatic heterocycles. The van der Waals surface area contributed by atoms with E-state index in [1.54, 1.807) is 11.8 Å². The number of carbonyl (C=O) groups is 3. The molecule has 1 saturated heterocycles. The van der Waals surface area contributed by atoms with Crippen molar-refractivity contribution in [1.82, 2.24) is 9.80 Å². The quantitative estimate of drug-likeness (QED) is 0.853. The Balaban J connectivity index is 1.61. The van der Waals surface area contributed by atoms with Gasteiger partial charge in [0, 0.05) is 45.1 Å². The fraction of sp³-hybridized carbons (Fsp3) is 0.650. The highest BCUT2D eigenvalue weighted by Gasteiger charge is 2.28. The zero-order chi connectivity index (χ0) is 19.4. The largest absolute Gasteiger partial charge is 0.478 e. The molecule has 2 fully saturated rings. The number of hydrogen-bond acceptors (Lipinski definition) is 4. The number of aromatic carboxylic acids is 1. The van der Waals surface area contributed by atoms with Crippen molar-refractivity contribution in [2.45, 2.75) is 51.9 Å². The molecule has 2 amide bonds. The number of carboxylic acid groups (broad SMARTS) is 1. The third kappa shape index (κ3) is 4.51. The van der Waals surface area contributed by atoms with Crippen LogP contribution < -0.4 is 0 Å². The van der Waals surface area contributed by atoms with Gasteiger partial charge in [0.05, 0.1) is 0 Å². The minimum Gasteiger partial charge on any atom is -0.478 e. The van der Waals surface area contributed by atoms with E-state index in [1.807, 2.05) is 4.90 Å². The average molecular weight is 376 g/mol. The van der Waals surface area contributed by atoms with E-state index in [9.17, 15) is 19.5 Å². The molecule has 0 unspecified atom stereocenters. The second kappa shape index (κ2) is 8.59. The maximum absolute atomic E-state index is 12.7. The van der Waals surface area contributed by atoms with Crippen LogP contribution in [0.15, 0.2) is 10.5 Å². The lowest BCUT2D eigenvalue weighted by Gasteiger charge is -2.23. The van der Waals surface area contributed by atoms with Gasteiger partial charge >= 0.3 is 5.97 Å². The molecule has 1 N–H and O–H groups in total. The Morgan fingerprint density at radius 2 is 1.74 bits per heavy atom. The van der Waals surface area contributed by atoms with Gasteiger partial charge in [0.25, 0.3) is 5.91 Å². The Kier molecular flexibility index (Phi) is 6.19. The number of nitrogens with zero attached hydrogens (tertiary/aromatic N) is 2. The van der Waals surface area contributed by atoms with Crippen molar-refractivity contribution in [2.75, 3.05) is 26.2 Å². The smallest absolute Gasteiger partial charge is 0.339 e. The van der Waals surface area contributed by atoms with Gasteiger partial charge in [-0.1, -0.05) is 19.8 Å². The van der Waals surface area contributed by atoms with Crippen LogP contribution >= 0.6 is 0 Å². The topological polar surface area (TPSA) is 91.1 Å². The van der Waals surface area contributed by atoms with E-state index in [0.717, 1.165) is 19.3 Å². The van der Waals surface area contributed by atoms with Gasteiger partial charge in [-0.2, -0.15) is 0 Å². The van der Waals surface area contributed by atoms with Gasteiger partial charge in [-0.25, -0.2) is 4.79 Å². The molecular weight excluding hydrogens is 348 g/mol. The van der Waals surface area contributed by atoms with Crippen LogP contribution in [0.3, 0.4) is 0 Å². The van der Waals surface area contributed by atoms with Gasteiger partial charge in [0.1, 0.15) is 11.3 Å². The van der Waals surface area contributed by atoms with Crippen LogP contribution in [0.2, 0.25) is 0 Å². The highest BCUT2D eigenvalue weighted by molar-refractivity contribution is 5.96. The minimum atomic E-state index is -1.09. The molecule has 1 aromatic rings. The molecule has 1 aromatic heterocycles. The van der Waals surface area contributed by atoms with Crippen LogP contribution in [0.4, 0.5) is 0 Å². The molecule has 1 aliphatic carbocycles. The molecule has 3 rings (SSSR count). The highest BCUT2D eigenvalue weighted by Crippen LogP contribution is 2.28. The highest BCUT2D eigenvalue weighted by atomic mass is 16.4. The molecule has 2 heterocycles. The number of rotatable bonds is 5. The van der Waals surface area contributed by atoms with Crippen molar-refractivity contribution in [3.05, 3.63) is 23.2 Å². The van der Waals surface area contributed by atoms with Gasteiger partial charge in [-0.15, -0.1) is 0 Å². The van der Waals surface area contributed by atoms with E-state index >= 15 is 0 Å². The van der Waals surface area contributed by atoms with Crippen LogP contribution in [0.25, 0.3) is 0 Å². The Morgan fingerprint density at radius 3 is 2.37 bits per heavy atom. The molecule has 0 atom stereocenters. The fourth-order valence-electron chi connectivity index (χ4n) is 4.09. The van der Waals surface area contributed by atoms with Crippen LogP contribution in [0.1, 0.15) is 72.1 Å². The van der Waals surface area contributed by atoms with Gasteiger partial charge in [-0.05, 0) is 25.2 Å². The summed E-state index contributed by atoms with van der Waals surface area (Å²) in [6.07, 6.45) is 6.49. The summed E-state index contributed by atoms with van der Waals surface area (Å²) in [5.74, 6) is -0.306. The maximum atomic E-state index is 12.7. The third-order valence-electron chi connectivity index (χ3n) is 5.65. The molecule has 7 heteroatoms. The normalized spacial score (nSPS) is 18.6. The van der Waals surface area contributed by atoms with Crippen LogP contribution in [0, 0.1) is 5.92 Å². The lowest BCUT2D eigenvalue weighted by Crippen LogP contribution is -2.37. The number of carbonyl (C=O) groups excluding carboxylic acids is 2. The molecule has 0 aromatic carbocycles. The number of hydrogen-bond donors (Lipinski definition) is 1. The van der Waals surface area contributed by atoms with E-state index < -0.39 is 5.97 Å². The van der Waals surface area contributed by atoms with Crippen molar-refractivity contribution >= 4 is 17.8 Å². The van der Waals surface area contributed by atoms with Crippen molar-refractivity contribution in [3.8, 4) is 0 Å². The minimum absolute atomic E-state index is 0.0454. The number of amides is 2. The lowest BCUT2D eigenvalue weighted by molar-refractivity contribution is -0.132. The molecule has 7 nitrogen and oxygen atoms in total. The Hall–Kier alpha value is -2.31. The molecule has 148 valence electrons. The van der Waals surface area contributed by atoms with E-state index in [0.29, 0.717) is 50.7 Å². The summed E-state index contributed by atoms with van der Waals surface area (Å²) in [5.41, 5.74) is 0.0454. The van der Waals surface area contributed by atoms with E-state index in [1.165, 1.54) is 18.9 Å². The summed E-state index contributed by atoms with van der Waals surface area (Å²) in [6.45, 7) is 3.95. The Labute approximate surface area is 159 Å². The van der Waals surface area contributed by atoms with E-state index in [2.05, 4.69) is 0 Å². The van der Waals surface area contributed by atoms with E-state index in [4.69, 9.17) is 4.42 Å². The van der Waals surface area contributed by atoms with Crippen LogP contribution in [-0.2, 0) is 11.2 Å². The van der Waals surface area contributed by atoms with Gasteiger partial charge in [0.2, 0.25) is 5.91 Å². The van der Waals surface area contributed by atoms with Crippen LogP contribution in [0.5, 0.6) is 0 Å². The zero-order valence-corrected chi connectivity index (χ0v) is 15.9. The Bertz CT molecular complexity index is 705. The standard InChI is InChI=1S/C20H28N2O5/c1-2-16-15(20(25)26)13-17(27-16)19(24)22-9-5-8-21(10-11-22)18(23)12-14-6-3-4-7-14/h13-14H,2-12H2,1H3,(H,25,26). The maximum Gasteiger partial charge on any atom is 0.339 e. The monoisotopic (exact) mass is 376 g/mol. The summed E-state index contributed by atoms with van der Waals surface area (Å²) in [4.78, 5) is 40.1. The molecule has 0 bridgehead atoms. The fourth-order valence-corrected chi connectivity index (χ4v) is 4.09. The molecular formula is C20H28N2O5. The SMILES string of the molecule is CCc1oc(C(=O)N2CCCN(C(=O)CC3CCCC3)CC2)cc1C(=O)O. The molecule has 1 saturated carbocycles. The van der Waals surface area contributed by atoms with Gasteiger partial charge < -0.3 is 19.3 Å². The number of aryl methyl sites for hydroxylation is 1. The molecule has 0 radical (unpaired) electrons. The first-order valence-corrected chi connectivity index (χ1v) is 9.92. The van der Waals surface area contributed by atoms with Crippen molar-refractivity contribution in [1.29, 1.82) is 0 Å². The summed E-state index contributed by atoms with van der Waals surface area (Å²) in [7, 11) is 0. The molecule has 0 spiro atoms. The molecule has 2 aliphatic rings. The first-order valence-electron chi connectivity index (χ1n) is 9.92. The van der Waals surface area contributed by atoms with Gasteiger partial charge in [0.15, 0.2) is 5.76 Å². The first-order chi connectivity index (χ1) is 13.0. The average Bonchev–Trinajstić information content (AvgIpc) is 3.25. The predicted octanol–water partition coefficient (Wildman–Crippen LogP) is 2.80. The summed E-state index contributed by atoms with van der Waals surface area (Å²) < 4.78 is 5.49. The summed E-state index contributed by atoms with van der Waals surface area (Å²) in [5, 5.41) is 9.23. The Morgan fingerprint density at radius 1 is 1.07 bits per heavy atom. The second-order valence-electron chi connectivity index (χ2n) is 7.49. The van der Waals surface area contributed by atoms with Crippen LogP contribution in [-0.4, -0.2) is 58.9 Å². The predicted molar refractivity (Wildman–Crippen MR) is 98.7 cm³/mol. The van der Waals surface area contributed by atoms with E-state index in [-0.39, 0.29) is 23.1 Å². The van der Waals surface area contributed by atoms with Crippen molar-refractivity contribution < 1.29 is 23.9 Å².